The van der Waals surface area contributed by atoms with Gasteiger partial charge in [0, 0.05) is 18.1 Å². The third-order valence-electron chi connectivity index (χ3n) is 1.69. The molecule has 2 heteroatoms. The van der Waals surface area contributed by atoms with Crippen molar-refractivity contribution < 1.29 is 4.42 Å². The molecule has 11 heavy (non-hydrogen) atoms. The summed E-state index contributed by atoms with van der Waals surface area (Å²) in [6.07, 6.45) is 3.32. The zero-order chi connectivity index (χ0) is 8.27. The fourth-order valence-corrected chi connectivity index (χ4v) is 1.00. The van der Waals surface area contributed by atoms with Gasteiger partial charge in [-0.05, 0) is 13.3 Å². The van der Waals surface area contributed by atoms with Gasteiger partial charge in [-0.2, -0.15) is 0 Å². The molecule has 0 spiro atoms. The summed E-state index contributed by atoms with van der Waals surface area (Å²) in [6, 6.07) is 1.45. The fourth-order valence-electron chi connectivity index (χ4n) is 1.00. The summed E-state index contributed by atoms with van der Waals surface area (Å²) in [5, 5.41) is 0. The van der Waals surface area contributed by atoms with Crippen molar-refractivity contribution in [3.8, 4) is 0 Å². The Morgan fingerprint density at radius 2 is 2.27 bits per heavy atom. The van der Waals surface area contributed by atoms with Crippen LogP contribution in [0.25, 0.3) is 0 Å². The van der Waals surface area contributed by atoms with Crippen LogP contribution in [0.2, 0.25) is 0 Å². The maximum Gasteiger partial charge on any atom is 0.187 e. The highest BCUT2D eigenvalue weighted by Crippen LogP contribution is 2.04. The van der Waals surface area contributed by atoms with Crippen molar-refractivity contribution >= 4 is 0 Å². The molecule has 0 unspecified atom stereocenters. The molecule has 0 amide bonds. The molecule has 1 aromatic rings. The normalized spacial score (nSPS) is 10.0. The Morgan fingerprint density at radius 3 is 2.91 bits per heavy atom. The highest BCUT2D eigenvalue weighted by atomic mass is 16.3. The standard InChI is InChI=1S/C9H12O2/c1-3-4-9-7(2)8(10)5-6-11-9/h5-6H,3-4H2,1-2H3. The fraction of sp³-hybridized carbons (Fsp3) is 0.444. The summed E-state index contributed by atoms with van der Waals surface area (Å²) in [4.78, 5) is 11.1. The van der Waals surface area contributed by atoms with Crippen molar-refractivity contribution in [2.24, 2.45) is 0 Å². The lowest BCUT2D eigenvalue weighted by atomic mass is 10.1. The van der Waals surface area contributed by atoms with Gasteiger partial charge in [0.2, 0.25) is 0 Å². The molecule has 0 atom stereocenters. The van der Waals surface area contributed by atoms with Crippen LogP contribution in [0, 0.1) is 6.92 Å². The van der Waals surface area contributed by atoms with Gasteiger partial charge in [-0.3, -0.25) is 4.79 Å². The van der Waals surface area contributed by atoms with E-state index in [1.807, 2.05) is 0 Å². The Kier molecular flexibility index (Phi) is 2.47. The second-order valence-corrected chi connectivity index (χ2v) is 2.58. The predicted octanol–water partition coefficient (Wildman–Crippen LogP) is 1.90. The molecule has 1 rings (SSSR count). The van der Waals surface area contributed by atoms with Crippen LogP contribution in [-0.4, -0.2) is 0 Å². The summed E-state index contributed by atoms with van der Waals surface area (Å²) in [7, 11) is 0. The predicted molar refractivity (Wildman–Crippen MR) is 43.7 cm³/mol. The van der Waals surface area contributed by atoms with Crippen LogP contribution in [0.4, 0.5) is 0 Å². The lowest BCUT2D eigenvalue weighted by Gasteiger charge is -1.99. The third kappa shape index (κ3) is 1.70. The Labute approximate surface area is 65.9 Å². The van der Waals surface area contributed by atoms with Crippen LogP contribution < -0.4 is 5.43 Å². The Bertz CT molecular complexity index is 286. The van der Waals surface area contributed by atoms with Crippen molar-refractivity contribution in [2.45, 2.75) is 26.7 Å². The molecule has 1 heterocycles. The van der Waals surface area contributed by atoms with Gasteiger partial charge < -0.3 is 4.42 Å². The first-order chi connectivity index (χ1) is 5.25. The largest absolute Gasteiger partial charge is 0.469 e. The number of rotatable bonds is 2. The Hall–Kier alpha value is -1.05. The average molecular weight is 152 g/mol. The first-order valence-electron chi connectivity index (χ1n) is 3.83. The maximum atomic E-state index is 11.1. The summed E-state index contributed by atoms with van der Waals surface area (Å²) >= 11 is 0. The van der Waals surface area contributed by atoms with E-state index in [0.717, 1.165) is 24.2 Å². The van der Waals surface area contributed by atoms with Gasteiger partial charge in [-0.25, -0.2) is 0 Å². The van der Waals surface area contributed by atoms with Gasteiger partial charge in [0.05, 0.1) is 6.26 Å². The van der Waals surface area contributed by atoms with Gasteiger partial charge >= 0.3 is 0 Å². The lowest BCUT2D eigenvalue weighted by Crippen LogP contribution is -2.05. The lowest BCUT2D eigenvalue weighted by molar-refractivity contribution is 0.482. The van der Waals surface area contributed by atoms with Gasteiger partial charge in [0.1, 0.15) is 5.76 Å². The van der Waals surface area contributed by atoms with Gasteiger partial charge in [-0.1, -0.05) is 6.92 Å². The number of hydrogen-bond acceptors (Lipinski definition) is 2. The molecule has 0 aromatic carbocycles. The monoisotopic (exact) mass is 152 g/mol. The van der Waals surface area contributed by atoms with Crippen LogP contribution in [0.3, 0.4) is 0 Å². The van der Waals surface area contributed by atoms with E-state index < -0.39 is 0 Å². The second-order valence-electron chi connectivity index (χ2n) is 2.58. The summed E-state index contributed by atoms with van der Waals surface area (Å²) in [5.74, 6) is 0.819. The molecule has 60 valence electrons. The van der Waals surface area contributed by atoms with Crippen molar-refractivity contribution in [1.82, 2.24) is 0 Å². The molecule has 0 aliphatic carbocycles. The molecule has 0 fully saturated rings. The molecule has 0 aliphatic heterocycles. The number of hydrogen-bond donors (Lipinski definition) is 0. The molecule has 0 radical (unpaired) electrons. The van der Waals surface area contributed by atoms with E-state index in [2.05, 4.69) is 6.92 Å². The summed E-state index contributed by atoms with van der Waals surface area (Å²) in [5.41, 5.74) is 0.814. The molecule has 0 aliphatic rings. The average Bonchev–Trinajstić information content (AvgIpc) is 1.99. The zero-order valence-corrected chi connectivity index (χ0v) is 6.89. The van der Waals surface area contributed by atoms with E-state index in [1.54, 1.807) is 6.92 Å². The van der Waals surface area contributed by atoms with Crippen molar-refractivity contribution in [1.29, 1.82) is 0 Å². The minimum atomic E-state index is 0.0692. The summed E-state index contributed by atoms with van der Waals surface area (Å²) in [6.45, 7) is 3.86. The van der Waals surface area contributed by atoms with Crippen LogP contribution in [-0.2, 0) is 6.42 Å². The Morgan fingerprint density at radius 1 is 1.55 bits per heavy atom. The van der Waals surface area contributed by atoms with E-state index >= 15 is 0 Å². The molecular weight excluding hydrogens is 140 g/mol. The van der Waals surface area contributed by atoms with Crippen molar-refractivity contribution in [2.75, 3.05) is 0 Å². The van der Waals surface area contributed by atoms with Crippen LogP contribution in [0.15, 0.2) is 21.5 Å². The van der Waals surface area contributed by atoms with Crippen LogP contribution in [0.5, 0.6) is 0 Å². The van der Waals surface area contributed by atoms with E-state index in [0.29, 0.717) is 0 Å². The van der Waals surface area contributed by atoms with Gasteiger partial charge in [-0.15, -0.1) is 0 Å². The minimum absolute atomic E-state index is 0.0692. The van der Waals surface area contributed by atoms with Crippen LogP contribution >= 0.6 is 0 Å². The zero-order valence-electron chi connectivity index (χ0n) is 6.89. The highest BCUT2D eigenvalue weighted by Gasteiger charge is 2.01. The smallest absolute Gasteiger partial charge is 0.187 e. The molecule has 0 saturated heterocycles. The summed E-state index contributed by atoms with van der Waals surface area (Å²) < 4.78 is 5.18. The van der Waals surface area contributed by atoms with Gasteiger partial charge in [0.15, 0.2) is 5.43 Å². The maximum absolute atomic E-state index is 11.1. The molecule has 2 nitrogen and oxygen atoms in total. The van der Waals surface area contributed by atoms with Crippen LogP contribution in [0.1, 0.15) is 24.7 Å². The molecular formula is C9H12O2. The van der Waals surface area contributed by atoms with E-state index in [9.17, 15) is 4.79 Å². The van der Waals surface area contributed by atoms with E-state index in [1.165, 1.54) is 12.3 Å². The first kappa shape index (κ1) is 8.05. The van der Waals surface area contributed by atoms with Gasteiger partial charge in [0.25, 0.3) is 0 Å². The topological polar surface area (TPSA) is 30.2 Å². The third-order valence-corrected chi connectivity index (χ3v) is 1.69. The van der Waals surface area contributed by atoms with Crippen molar-refractivity contribution in [3.05, 3.63) is 33.9 Å². The van der Waals surface area contributed by atoms with E-state index in [4.69, 9.17) is 4.42 Å². The SMILES string of the molecule is CCCc1occc(=O)c1C. The molecule has 1 aromatic heterocycles. The quantitative estimate of drug-likeness (QED) is 0.647. The highest BCUT2D eigenvalue weighted by molar-refractivity contribution is 5.14. The number of aryl methyl sites for hydroxylation is 1. The van der Waals surface area contributed by atoms with E-state index in [-0.39, 0.29) is 5.43 Å². The molecule has 0 saturated carbocycles. The first-order valence-corrected chi connectivity index (χ1v) is 3.83. The Balaban J connectivity index is 3.06. The second kappa shape index (κ2) is 3.37. The molecule has 0 N–H and O–H groups in total. The minimum Gasteiger partial charge on any atom is -0.469 e. The van der Waals surface area contributed by atoms with Crippen molar-refractivity contribution in [3.63, 3.8) is 0 Å². The molecule has 0 bridgehead atoms.